The Morgan fingerprint density at radius 3 is 2.86 bits per heavy atom. The highest BCUT2D eigenvalue weighted by Crippen LogP contribution is 2.33. The molecule has 0 spiro atoms. The molecule has 4 heteroatoms. The van der Waals surface area contributed by atoms with Crippen LogP contribution >= 0.6 is 11.6 Å². The maximum Gasteiger partial charge on any atom is 0.223 e. The van der Waals surface area contributed by atoms with Crippen molar-refractivity contribution in [1.82, 2.24) is 10.3 Å². The quantitative estimate of drug-likeness (QED) is 0.864. The van der Waals surface area contributed by atoms with Crippen molar-refractivity contribution in [3.05, 3.63) is 34.5 Å². The van der Waals surface area contributed by atoms with Gasteiger partial charge in [0.25, 0.3) is 0 Å². The Kier molecular flexibility index (Phi) is 3.61. The molecule has 1 unspecified atom stereocenters. The van der Waals surface area contributed by atoms with Crippen LogP contribution in [0.25, 0.3) is 10.9 Å². The predicted molar refractivity (Wildman–Crippen MR) is 89.2 cm³/mol. The van der Waals surface area contributed by atoms with E-state index in [0.29, 0.717) is 6.04 Å². The number of carbonyl (C=O) groups excluding carboxylic acids is 1. The Morgan fingerprint density at radius 1 is 1.23 bits per heavy atom. The van der Waals surface area contributed by atoms with Crippen LogP contribution in [0.15, 0.2) is 18.2 Å². The van der Waals surface area contributed by atoms with Gasteiger partial charge in [0.1, 0.15) is 0 Å². The van der Waals surface area contributed by atoms with Gasteiger partial charge in [-0.3, -0.25) is 4.79 Å². The number of H-pyrrole nitrogens is 1. The Labute approximate surface area is 135 Å². The lowest BCUT2D eigenvalue weighted by molar-refractivity contribution is -0.126. The van der Waals surface area contributed by atoms with E-state index in [0.717, 1.165) is 42.6 Å². The number of hydrogen-bond donors (Lipinski definition) is 2. The van der Waals surface area contributed by atoms with E-state index in [9.17, 15) is 4.79 Å². The van der Waals surface area contributed by atoms with Gasteiger partial charge in [-0.2, -0.15) is 0 Å². The van der Waals surface area contributed by atoms with E-state index < -0.39 is 0 Å². The monoisotopic (exact) mass is 316 g/mol. The Morgan fingerprint density at radius 2 is 2.05 bits per heavy atom. The maximum absolute atomic E-state index is 12.5. The van der Waals surface area contributed by atoms with Gasteiger partial charge in [0, 0.05) is 33.6 Å². The van der Waals surface area contributed by atoms with E-state index in [2.05, 4.69) is 10.3 Å². The molecule has 0 aliphatic heterocycles. The number of aromatic nitrogens is 1. The van der Waals surface area contributed by atoms with Gasteiger partial charge >= 0.3 is 0 Å². The molecule has 116 valence electrons. The molecule has 2 aromatic rings. The summed E-state index contributed by atoms with van der Waals surface area (Å²) in [6, 6.07) is 6.37. The van der Waals surface area contributed by atoms with Crippen LogP contribution in [0, 0.1) is 5.92 Å². The first-order valence-electron chi connectivity index (χ1n) is 8.30. The Hall–Kier alpha value is -1.48. The zero-order valence-corrected chi connectivity index (χ0v) is 13.4. The molecule has 1 fully saturated rings. The average Bonchev–Trinajstić information content (AvgIpc) is 3.14. The summed E-state index contributed by atoms with van der Waals surface area (Å²) in [7, 11) is 0. The molecule has 1 saturated carbocycles. The smallest absolute Gasteiger partial charge is 0.223 e. The SMILES string of the molecule is O=C(NC1CCCC1)C1CCc2[nH]c3ccc(Cl)cc3c2C1. The highest BCUT2D eigenvalue weighted by atomic mass is 35.5. The number of rotatable bonds is 2. The minimum Gasteiger partial charge on any atom is -0.358 e. The minimum atomic E-state index is 0.103. The fraction of sp³-hybridized carbons (Fsp3) is 0.500. The lowest BCUT2D eigenvalue weighted by Crippen LogP contribution is -2.39. The van der Waals surface area contributed by atoms with Gasteiger partial charge < -0.3 is 10.3 Å². The summed E-state index contributed by atoms with van der Waals surface area (Å²) < 4.78 is 0. The summed E-state index contributed by atoms with van der Waals surface area (Å²) >= 11 is 6.14. The van der Waals surface area contributed by atoms with Crippen molar-refractivity contribution in [2.45, 2.75) is 51.0 Å². The molecule has 2 N–H and O–H groups in total. The summed E-state index contributed by atoms with van der Waals surface area (Å²) in [5.41, 5.74) is 3.70. The van der Waals surface area contributed by atoms with Crippen LogP contribution in [0.2, 0.25) is 5.02 Å². The second kappa shape index (κ2) is 5.62. The summed E-state index contributed by atoms with van der Waals surface area (Å²) in [6.07, 6.45) is 7.50. The molecule has 2 aliphatic rings. The number of halogens is 1. The van der Waals surface area contributed by atoms with Crippen LogP contribution in [-0.2, 0) is 17.6 Å². The van der Waals surface area contributed by atoms with Gasteiger partial charge in [-0.05, 0) is 55.9 Å². The third-order valence-corrected chi connectivity index (χ3v) is 5.46. The van der Waals surface area contributed by atoms with Gasteiger partial charge in [0.2, 0.25) is 5.91 Å². The summed E-state index contributed by atoms with van der Waals surface area (Å²) in [5.74, 6) is 0.347. The standard InChI is InChI=1S/C18H21ClN2O/c19-12-6-8-17-15(10-12)14-9-11(5-7-16(14)21-17)18(22)20-13-3-1-2-4-13/h6,8,10-11,13,21H,1-5,7,9H2,(H,20,22). The molecule has 4 rings (SSSR count). The van der Waals surface area contributed by atoms with Crippen LogP contribution in [0.3, 0.4) is 0 Å². The van der Waals surface area contributed by atoms with Crippen molar-refractivity contribution in [1.29, 1.82) is 0 Å². The lowest BCUT2D eigenvalue weighted by Gasteiger charge is -2.23. The fourth-order valence-corrected chi connectivity index (χ4v) is 4.17. The normalized spacial score (nSPS) is 22.0. The van der Waals surface area contributed by atoms with Crippen LogP contribution in [0.5, 0.6) is 0 Å². The predicted octanol–water partition coefficient (Wildman–Crippen LogP) is 3.99. The van der Waals surface area contributed by atoms with Crippen molar-refractivity contribution in [3.8, 4) is 0 Å². The van der Waals surface area contributed by atoms with E-state index in [1.54, 1.807) is 0 Å². The number of hydrogen-bond acceptors (Lipinski definition) is 1. The molecule has 0 radical (unpaired) electrons. The first-order valence-corrected chi connectivity index (χ1v) is 8.68. The molecular weight excluding hydrogens is 296 g/mol. The van der Waals surface area contributed by atoms with Crippen molar-refractivity contribution < 1.29 is 4.79 Å². The summed E-state index contributed by atoms with van der Waals surface area (Å²) in [5, 5.41) is 5.19. The second-order valence-corrected chi connectivity index (χ2v) is 7.14. The Balaban J connectivity index is 1.56. The number of aromatic amines is 1. The molecule has 2 aliphatic carbocycles. The van der Waals surface area contributed by atoms with Crippen molar-refractivity contribution in [3.63, 3.8) is 0 Å². The van der Waals surface area contributed by atoms with Crippen LogP contribution < -0.4 is 5.32 Å². The van der Waals surface area contributed by atoms with Gasteiger partial charge in [0.05, 0.1) is 0 Å². The molecule has 1 amide bonds. The van der Waals surface area contributed by atoms with Gasteiger partial charge in [-0.15, -0.1) is 0 Å². The topological polar surface area (TPSA) is 44.9 Å². The van der Waals surface area contributed by atoms with E-state index in [4.69, 9.17) is 11.6 Å². The molecule has 0 saturated heterocycles. The second-order valence-electron chi connectivity index (χ2n) is 6.70. The lowest BCUT2D eigenvalue weighted by atomic mass is 9.85. The molecule has 1 aromatic carbocycles. The molecule has 1 aromatic heterocycles. The zero-order valence-electron chi connectivity index (χ0n) is 12.6. The maximum atomic E-state index is 12.5. The van der Waals surface area contributed by atoms with Crippen LogP contribution in [-0.4, -0.2) is 16.9 Å². The molecular formula is C18H21ClN2O. The molecule has 3 nitrogen and oxygen atoms in total. The van der Waals surface area contributed by atoms with Crippen LogP contribution in [0.4, 0.5) is 0 Å². The summed E-state index contributed by atoms with van der Waals surface area (Å²) in [6.45, 7) is 0. The van der Waals surface area contributed by atoms with E-state index in [1.165, 1.54) is 29.5 Å². The highest BCUT2D eigenvalue weighted by molar-refractivity contribution is 6.31. The minimum absolute atomic E-state index is 0.103. The zero-order chi connectivity index (χ0) is 15.1. The Bertz CT molecular complexity index is 715. The molecule has 22 heavy (non-hydrogen) atoms. The van der Waals surface area contributed by atoms with Crippen molar-refractivity contribution >= 4 is 28.4 Å². The fourth-order valence-electron chi connectivity index (χ4n) is 4.00. The molecule has 1 heterocycles. The molecule has 1 atom stereocenters. The number of amides is 1. The highest BCUT2D eigenvalue weighted by Gasteiger charge is 2.29. The first kappa shape index (κ1) is 14.1. The van der Waals surface area contributed by atoms with Gasteiger partial charge in [0.15, 0.2) is 0 Å². The van der Waals surface area contributed by atoms with E-state index in [-0.39, 0.29) is 11.8 Å². The molecule has 0 bridgehead atoms. The van der Waals surface area contributed by atoms with E-state index >= 15 is 0 Å². The van der Waals surface area contributed by atoms with Crippen molar-refractivity contribution in [2.75, 3.05) is 0 Å². The number of aryl methyl sites for hydroxylation is 1. The number of nitrogens with one attached hydrogen (secondary N) is 2. The third kappa shape index (κ3) is 2.52. The van der Waals surface area contributed by atoms with E-state index in [1.807, 2.05) is 18.2 Å². The number of benzene rings is 1. The van der Waals surface area contributed by atoms with Crippen molar-refractivity contribution in [2.24, 2.45) is 5.92 Å². The first-order chi connectivity index (χ1) is 10.7. The van der Waals surface area contributed by atoms with Gasteiger partial charge in [-0.25, -0.2) is 0 Å². The largest absolute Gasteiger partial charge is 0.358 e. The number of carbonyl (C=O) groups is 1. The average molecular weight is 317 g/mol. The van der Waals surface area contributed by atoms with Crippen LogP contribution in [0.1, 0.15) is 43.4 Å². The van der Waals surface area contributed by atoms with Gasteiger partial charge in [-0.1, -0.05) is 24.4 Å². The third-order valence-electron chi connectivity index (χ3n) is 5.22. The summed E-state index contributed by atoms with van der Waals surface area (Å²) in [4.78, 5) is 16.0. The number of fused-ring (bicyclic) bond motifs is 3.